The molecule has 2 heterocycles. The number of methoxy groups -OCH3 is 1. The number of nitrogens with one attached hydrogen (secondary N) is 1. The fourth-order valence-electron chi connectivity index (χ4n) is 3.42. The first-order valence-electron chi connectivity index (χ1n) is 8.37. The van der Waals surface area contributed by atoms with Gasteiger partial charge in [0, 0.05) is 22.0 Å². The number of halogens is 2. The van der Waals surface area contributed by atoms with Crippen LogP contribution in [0.25, 0.3) is 0 Å². The van der Waals surface area contributed by atoms with E-state index >= 15 is 0 Å². The van der Waals surface area contributed by atoms with Gasteiger partial charge < -0.3 is 15.0 Å². The summed E-state index contributed by atoms with van der Waals surface area (Å²) in [7, 11) is 1.34. The monoisotopic (exact) mass is 434 g/mol. The zero-order valence-electron chi connectivity index (χ0n) is 14.5. The molecule has 1 aromatic heterocycles. The molecule has 1 fully saturated rings. The molecule has 1 saturated carbocycles. The topological polar surface area (TPSA) is 84.4 Å². The quantitative estimate of drug-likeness (QED) is 0.798. The van der Waals surface area contributed by atoms with Gasteiger partial charge in [0.05, 0.1) is 13.3 Å². The van der Waals surface area contributed by atoms with Crippen LogP contribution in [0.15, 0.2) is 28.9 Å². The van der Waals surface area contributed by atoms with Gasteiger partial charge in [-0.2, -0.15) is 4.98 Å². The number of nitrogens with zero attached hydrogens (tertiary/aromatic N) is 3. The number of hydrogen-bond acceptors (Lipinski definition) is 5. The first-order valence-corrected chi connectivity index (χ1v) is 9.17. The van der Waals surface area contributed by atoms with Crippen LogP contribution in [0.5, 0.6) is 6.01 Å². The van der Waals surface area contributed by atoms with E-state index in [4.69, 9.17) is 4.74 Å². The molecule has 2 aliphatic rings. The lowest BCUT2D eigenvalue weighted by Crippen LogP contribution is -2.46. The standard InChI is InChI=1S/C18H16BrFN4O3/c1-27-17-21-7-13(20)15(23-17)22-14(25)8-24-9-18(4-5-18)12-6-10(19)2-3-11(12)16(24)26/h2-3,6-7H,4-5,8-9H2,1H3,(H,21,22,23,25). The van der Waals surface area contributed by atoms with Gasteiger partial charge in [0.1, 0.15) is 6.54 Å². The Morgan fingerprint density at radius 1 is 1.44 bits per heavy atom. The lowest BCUT2D eigenvalue weighted by molar-refractivity contribution is -0.117. The second-order valence-corrected chi connectivity index (χ2v) is 7.65. The first-order chi connectivity index (χ1) is 12.9. The summed E-state index contributed by atoms with van der Waals surface area (Å²) in [6.45, 7) is 0.292. The molecular weight excluding hydrogens is 419 g/mol. The zero-order chi connectivity index (χ0) is 19.2. The first kappa shape index (κ1) is 17.8. The van der Waals surface area contributed by atoms with Crippen molar-refractivity contribution in [1.29, 1.82) is 0 Å². The maximum atomic E-state index is 13.8. The van der Waals surface area contributed by atoms with Crippen molar-refractivity contribution in [1.82, 2.24) is 14.9 Å². The number of carbonyl (C=O) groups is 2. The van der Waals surface area contributed by atoms with E-state index in [-0.39, 0.29) is 29.7 Å². The molecule has 0 unspecified atom stereocenters. The molecule has 27 heavy (non-hydrogen) atoms. The summed E-state index contributed by atoms with van der Waals surface area (Å²) in [5.74, 6) is -1.78. The average molecular weight is 435 g/mol. The molecule has 0 saturated heterocycles. The number of carbonyl (C=O) groups excluding carboxylic acids is 2. The second kappa shape index (κ2) is 6.56. The number of benzene rings is 1. The van der Waals surface area contributed by atoms with Crippen molar-refractivity contribution in [2.45, 2.75) is 18.3 Å². The molecule has 1 aliphatic heterocycles. The van der Waals surface area contributed by atoms with Gasteiger partial charge >= 0.3 is 6.01 Å². The molecule has 1 aliphatic carbocycles. The van der Waals surface area contributed by atoms with E-state index in [2.05, 4.69) is 31.2 Å². The highest BCUT2D eigenvalue weighted by Gasteiger charge is 2.51. The smallest absolute Gasteiger partial charge is 0.318 e. The Hall–Kier alpha value is -2.55. The van der Waals surface area contributed by atoms with Crippen molar-refractivity contribution < 1.29 is 18.7 Å². The molecule has 140 valence electrons. The van der Waals surface area contributed by atoms with Crippen molar-refractivity contribution in [2.24, 2.45) is 0 Å². The Labute approximate surface area is 163 Å². The minimum atomic E-state index is -0.775. The number of ether oxygens (including phenoxy) is 1. The van der Waals surface area contributed by atoms with E-state index < -0.39 is 11.7 Å². The van der Waals surface area contributed by atoms with Crippen molar-refractivity contribution >= 4 is 33.6 Å². The SMILES string of the molecule is COc1ncc(F)c(NC(=O)CN2CC3(CC3)c3cc(Br)ccc3C2=O)n1. The molecule has 0 atom stereocenters. The lowest BCUT2D eigenvalue weighted by atomic mass is 9.86. The third-order valence-electron chi connectivity index (χ3n) is 4.91. The maximum Gasteiger partial charge on any atom is 0.318 e. The number of anilines is 1. The van der Waals surface area contributed by atoms with Crippen molar-refractivity contribution in [2.75, 3.05) is 25.5 Å². The largest absolute Gasteiger partial charge is 0.467 e. The number of hydrogen-bond donors (Lipinski definition) is 1. The van der Waals surface area contributed by atoms with Crippen LogP contribution in [0.2, 0.25) is 0 Å². The molecule has 2 aromatic rings. The molecule has 0 bridgehead atoms. The predicted molar refractivity (Wildman–Crippen MR) is 98.1 cm³/mol. The molecule has 1 spiro atoms. The van der Waals surface area contributed by atoms with Gasteiger partial charge in [-0.25, -0.2) is 9.37 Å². The minimum Gasteiger partial charge on any atom is -0.467 e. The molecule has 0 radical (unpaired) electrons. The van der Waals surface area contributed by atoms with Crippen LogP contribution in [0, 0.1) is 5.82 Å². The zero-order valence-corrected chi connectivity index (χ0v) is 16.0. The molecule has 9 heteroatoms. The Kier molecular flexibility index (Phi) is 4.33. The van der Waals surface area contributed by atoms with Gasteiger partial charge in [-0.3, -0.25) is 9.59 Å². The highest BCUT2D eigenvalue weighted by Crippen LogP contribution is 2.52. The number of aromatic nitrogens is 2. The Bertz CT molecular complexity index is 948. The van der Waals surface area contributed by atoms with Gasteiger partial charge in [0.2, 0.25) is 5.91 Å². The summed E-state index contributed by atoms with van der Waals surface area (Å²) in [5.41, 5.74) is 1.56. The summed E-state index contributed by atoms with van der Waals surface area (Å²) in [6.07, 6.45) is 2.86. The van der Waals surface area contributed by atoms with Crippen LogP contribution in [0.1, 0.15) is 28.8 Å². The molecule has 1 N–H and O–H groups in total. The highest BCUT2D eigenvalue weighted by molar-refractivity contribution is 9.10. The summed E-state index contributed by atoms with van der Waals surface area (Å²) in [6, 6.07) is 5.53. The molecule has 7 nitrogen and oxygen atoms in total. The summed E-state index contributed by atoms with van der Waals surface area (Å²) >= 11 is 3.45. The van der Waals surface area contributed by atoms with E-state index in [1.807, 2.05) is 12.1 Å². The van der Waals surface area contributed by atoms with Gasteiger partial charge in [0.15, 0.2) is 11.6 Å². The summed E-state index contributed by atoms with van der Waals surface area (Å²) in [5, 5.41) is 2.39. The van der Waals surface area contributed by atoms with Crippen LogP contribution in [0.3, 0.4) is 0 Å². The van der Waals surface area contributed by atoms with Crippen LogP contribution in [0.4, 0.5) is 10.2 Å². The highest BCUT2D eigenvalue weighted by atomic mass is 79.9. The Morgan fingerprint density at radius 3 is 2.93 bits per heavy atom. The van der Waals surface area contributed by atoms with Crippen molar-refractivity contribution in [3.8, 4) is 6.01 Å². The third kappa shape index (κ3) is 3.27. The van der Waals surface area contributed by atoms with Gasteiger partial charge in [-0.05, 0) is 36.6 Å². The van der Waals surface area contributed by atoms with Crippen LogP contribution in [-0.4, -0.2) is 46.9 Å². The molecule has 1 aromatic carbocycles. The third-order valence-corrected chi connectivity index (χ3v) is 5.41. The Morgan fingerprint density at radius 2 is 2.22 bits per heavy atom. The van der Waals surface area contributed by atoms with E-state index in [1.165, 1.54) is 12.0 Å². The van der Waals surface area contributed by atoms with E-state index in [0.29, 0.717) is 12.1 Å². The molecule has 2 amide bonds. The fourth-order valence-corrected chi connectivity index (χ4v) is 3.78. The van der Waals surface area contributed by atoms with Gasteiger partial charge in [0.25, 0.3) is 5.91 Å². The van der Waals surface area contributed by atoms with Crippen LogP contribution >= 0.6 is 15.9 Å². The number of fused-ring (bicyclic) bond motifs is 2. The van der Waals surface area contributed by atoms with Gasteiger partial charge in [-0.15, -0.1) is 0 Å². The minimum absolute atomic E-state index is 0.0582. The number of amides is 2. The fraction of sp³-hybridized carbons (Fsp3) is 0.333. The molecule has 4 rings (SSSR count). The molecular formula is C18H16BrFN4O3. The predicted octanol–water partition coefficient (Wildman–Crippen LogP) is 2.51. The van der Waals surface area contributed by atoms with Crippen molar-refractivity contribution in [3.63, 3.8) is 0 Å². The summed E-state index contributed by atoms with van der Waals surface area (Å²) < 4.78 is 19.6. The van der Waals surface area contributed by atoms with Crippen LogP contribution < -0.4 is 10.1 Å². The number of rotatable bonds is 4. The maximum absolute atomic E-state index is 13.8. The normalized spacial score (nSPS) is 16.9. The second-order valence-electron chi connectivity index (χ2n) is 6.73. The van der Waals surface area contributed by atoms with Gasteiger partial charge in [-0.1, -0.05) is 15.9 Å². The van der Waals surface area contributed by atoms with E-state index in [0.717, 1.165) is 29.1 Å². The Balaban J connectivity index is 1.53. The summed E-state index contributed by atoms with van der Waals surface area (Å²) in [4.78, 5) is 34.1. The van der Waals surface area contributed by atoms with Crippen molar-refractivity contribution in [3.05, 3.63) is 45.8 Å². The van der Waals surface area contributed by atoms with Crippen LogP contribution in [-0.2, 0) is 10.2 Å². The average Bonchev–Trinajstić information content (AvgIpc) is 3.42. The van der Waals surface area contributed by atoms with E-state index in [9.17, 15) is 14.0 Å². The van der Waals surface area contributed by atoms with E-state index in [1.54, 1.807) is 6.07 Å². The lowest BCUT2D eigenvalue weighted by Gasteiger charge is -2.34.